The number of para-hydroxylation sites is 1. The second kappa shape index (κ2) is 6.72. The molecule has 0 bridgehead atoms. The molecule has 0 aliphatic carbocycles. The molecule has 0 spiro atoms. The molecule has 2 rings (SSSR count). The van der Waals surface area contributed by atoms with Crippen LogP contribution < -0.4 is 4.74 Å². The van der Waals surface area contributed by atoms with Crippen LogP contribution in [0.1, 0.15) is 45.7 Å². The normalized spacial score (nSPS) is 10.9. The Morgan fingerprint density at radius 2 is 2.10 bits per heavy atom. The van der Waals surface area contributed by atoms with Gasteiger partial charge in [0.2, 0.25) is 0 Å². The third-order valence-corrected chi connectivity index (χ3v) is 4.35. The Balaban J connectivity index is 1.99. The summed E-state index contributed by atoms with van der Waals surface area (Å²) in [6.45, 7) is 6.48. The number of carboxylic acid groups (broad SMARTS) is 1. The fraction of sp³-hybridized carbons (Fsp3) is 0.375. The summed E-state index contributed by atoms with van der Waals surface area (Å²) in [7, 11) is 0. The molecule has 0 unspecified atom stereocenters. The third-order valence-electron chi connectivity index (χ3n) is 3.15. The minimum absolute atomic E-state index is 0.313. The molecule has 0 fully saturated rings. The maximum absolute atomic E-state index is 11.0. The van der Waals surface area contributed by atoms with E-state index in [0.717, 1.165) is 10.8 Å². The molecule has 0 atom stereocenters. The van der Waals surface area contributed by atoms with Gasteiger partial charge in [-0.25, -0.2) is 9.78 Å². The predicted molar refractivity (Wildman–Crippen MR) is 83.5 cm³/mol. The molecule has 1 aromatic heterocycles. The van der Waals surface area contributed by atoms with Crippen LogP contribution >= 0.6 is 11.3 Å². The van der Waals surface area contributed by atoms with E-state index < -0.39 is 5.97 Å². The molecule has 0 saturated heterocycles. The summed E-state index contributed by atoms with van der Waals surface area (Å²) < 4.78 is 5.83. The number of aromatic nitrogens is 1. The Morgan fingerprint density at radius 1 is 1.38 bits per heavy atom. The number of carbonyl (C=O) groups is 1. The Hall–Kier alpha value is -1.88. The van der Waals surface area contributed by atoms with E-state index in [2.05, 4.69) is 24.9 Å². The fourth-order valence-corrected chi connectivity index (χ4v) is 2.98. The summed E-state index contributed by atoms with van der Waals surface area (Å²) in [5, 5.41) is 9.82. The summed E-state index contributed by atoms with van der Waals surface area (Å²) >= 11 is 1.22. The smallest absolute Gasteiger partial charge is 0.347 e. The average molecular weight is 305 g/mol. The topological polar surface area (TPSA) is 59.4 Å². The van der Waals surface area contributed by atoms with Crippen LogP contribution in [0, 0.1) is 6.92 Å². The van der Waals surface area contributed by atoms with Gasteiger partial charge in [-0.1, -0.05) is 32.0 Å². The van der Waals surface area contributed by atoms with E-state index in [9.17, 15) is 4.79 Å². The monoisotopic (exact) mass is 305 g/mol. The van der Waals surface area contributed by atoms with Crippen LogP contribution in [0.4, 0.5) is 0 Å². The number of aryl methyl sites for hydroxylation is 1. The van der Waals surface area contributed by atoms with E-state index in [-0.39, 0.29) is 0 Å². The number of hydrogen-bond donors (Lipinski definition) is 1. The second-order valence-electron chi connectivity index (χ2n) is 5.12. The molecule has 0 aliphatic heterocycles. The molecule has 112 valence electrons. The molecule has 1 heterocycles. The average Bonchev–Trinajstić information content (AvgIpc) is 2.80. The lowest BCUT2D eigenvalue weighted by molar-refractivity contribution is 0.0701. The first-order valence-electron chi connectivity index (χ1n) is 6.90. The van der Waals surface area contributed by atoms with Crippen LogP contribution in [0.15, 0.2) is 24.3 Å². The maximum atomic E-state index is 11.0. The van der Waals surface area contributed by atoms with Crippen LogP contribution in [0.25, 0.3) is 0 Å². The molecular weight excluding hydrogens is 286 g/mol. The van der Waals surface area contributed by atoms with Crippen LogP contribution in [0.5, 0.6) is 5.75 Å². The largest absolute Gasteiger partial charge is 0.493 e. The number of ether oxygens (including phenoxy) is 1. The molecule has 0 aliphatic rings. The molecule has 2 aromatic rings. The summed E-state index contributed by atoms with van der Waals surface area (Å²) in [4.78, 5) is 15.6. The Labute approximate surface area is 128 Å². The number of thiazole rings is 1. The zero-order chi connectivity index (χ0) is 15.4. The number of aromatic carboxylic acids is 1. The van der Waals surface area contributed by atoms with Crippen molar-refractivity contribution in [2.75, 3.05) is 6.61 Å². The van der Waals surface area contributed by atoms with Crippen molar-refractivity contribution in [3.63, 3.8) is 0 Å². The highest BCUT2D eigenvalue weighted by molar-refractivity contribution is 7.13. The highest BCUT2D eigenvalue weighted by Gasteiger charge is 2.14. The van der Waals surface area contributed by atoms with E-state index in [1.807, 2.05) is 18.2 Å². The first kappa shape index (κ1) is 15.5. The van der Waals surface area contributed by atoms with Crippen LogP contribution in [-0.2, 0) is 6.42 Å². The van der Waals surface area contributed by atoms with E-state index in [0.29, 0.717) is 29.5 Å². The first-order valence-corrected chi connectivity index (χ1v) is 7.72. The molecule has 4 nitrogen and oxygen atoms in total. The lowest BCUT2D eigenvalue weighted by atomic mass is 10.0. The summed E-state index contributed by atoms with van der Waals surface area (Å²) in [6.07, 6.45) is 0.616. The molecule has 1 aromatic carbocycles. The van der Waals surface area contributed by atoms with Gasteiger partial charge in [-0.2, -0.15) is 0 Å². The van der Waals surface area contributed by atoms with Crippen molar-refractivity contribution in [1.82, 2.24) is 4.98 Å². The third kappa shape index (κ3) is 3.82. The van der Waals surface area contributed by atoms with Crippen LogP contribution in [-0.4, -0.2) is 22.7 Å². The Morgan fingerprint density at radius 3 is 2.71 bits per heavy atom. The molecule has 5 heteroatoms. The SMILES string of the molecule is Cc1nc(CCOc2ccccc2C(C)C)sc1C(=O)O. The zero-order valence-electron chi connectivity index (χ0n) is 12.4. The summed E-state index contributed by atoms with van der Waals surface area (Å²) in [6, 6.07) is 7.99. The molecule has 1 N–H and O–H groups in total. The highest BCUT2D eigenvalue weighted by Crippen LogP contribution is 2.26. The molecule has 0 amide bonds. The lowest BCUT2D eigenvalue weighted by Crippen LogP contribution is -2.03. The van der Waals surface area contributed by atoms with E-state index in [1.54, 1.807) is 6.92 Å². The predicted octanol–water partition coefficient (Wildman–Crippen LogP) is 3.89. The summed E-state index contributed by atoms with van der Waals surface area (Å²) in [5.74, 6) is 0.378. The van der Waals surface area contributed by atoms with Crippen molar-refractivity contribution < 1.29 is 14.6 Å². The number of hydrogen-bond acceptors (Lipinski definition) is 4. The maximum Gasteiger partial charge on any atom is 0.347 e. The van der Waals surface area contributed by atoms with Crippen LogP contribution in [0.3, 0.4) is 0 Å². The number of rotatable bonds is 6. The molecule has 0 radical (unpaired) electrons. The van der Waals surface area contributed by atoms with Gasteiger partial charge in [-0.15, -0.1) is 11.3 Å². The van der Waals surface area contributed by atoms with Gasteiger partial charge in [0, 0.05) is 6.42 Å². The minimum atomic E-state index is -0.915. The van der Waals surface area contributed by atoms with Crippen LogP contribution in [0.2, 0.25) is 0 Å². The van der Waals surface area contributed by atoms with E-state index in [1.165, 1.54) is 16.9 Å². The van der Waals surface area contributed by atoms with Crippen molar-refractivity contribution >= 4 is 17.3 Å². The number of carboxylic acids is 1. The minimum Gasteiger partial charge on any atom is -0.493 e. The van der Waals surface area contributed by atoms with Crippen molar-refractivity contribution in [2.45, 2.75) is 33.1 Å². The van der Waals surface area contributed by atoms with Crippen molar-refractivity contribution in [1.29, 1.82) is 0 Å². The van der Waals surface area contributed by atoms with E-state index >= 15 is 0 Å². The van der Waals surface area contributed by atoms with Gasteiger partial charge >= 0.3 is 5.97 Å². The van der Waals surface area contributed by atoms with Gasteiger partial charge in [0.15, 0.2) is 0 Å². The van der Waals surface area contributed by atoms with Gasteiger partial charge < -0.3 is 9.84 Å². The van der Waals surface area contributed by atoms with E-state index in [4.69, 9.17) is 9.84 Å². The van der Waals surface area contributed by atoms with Crippen molar-refractivity contribution in [2.24, 2.45) is 0 Å². The standard InChI is InChI=1S/C16H19NO3S/c1-10(2)12-6-4-5-7-13(12)20-9-8-14-17-11(3)15(21-14)16(18)19/h4-7,10H,8-9H2,1-3H3,(H,18,19). The van der Waals surface area contributed by atoms with Gasteiger partial charge in [0.25, 0.3) is 0 Å². The Kier molecular flexibility index (Phi) is 4.96. The van der Waals surface area contributed by atoms with Gasteiger partial charge in [-0.3, -0.25) is 0 Å². The van der Waals surface area contributed by atoms with Gasteiger partial charge in [0.05, 0.1) is 17.3 Å². The highest BCUT2D eigenvalue weighted by atomic mass is 32.1. The number of benzene rings is 1. The Bertz CT molecular complexity index is 634. The second-order valence-corrected chi connectivity index (χ2v) is 6.20. The molecule has 0 saturated carbocycles. The van der Waals surface area contributed by atoms with Gasteiger partial charge in [0.1, 0.15) is 10.6 Å². The fourth-order valence-electron chi connectivity index (χ4n) is 2.09. The first-order chi connectivity index (χ1) is 9.99. The lowest BCUT2D eigenvalue weighted by Gasteiger charge is -2.13. The van der Waals surface area contributed by atoms with Crippen molar-refractivity contribution in [3.8, 4) is 5.75 Å². The summed E-state index contributed by atoms with van der Waals surface area (Å²) in [5.41, 5.74) is 1.75. The van der Waals surface area contributed by atoms with Gasteiger partial charge in [-0.05, 0) is 24.5 Å². The molecular formula is C16H19NO3S. The quantitative estimate of drug-likeness (QED) is 0.879. The number of nitrogens with zero attached hydrogens (tertiary/aromatic N) is 1. The molecule has 21 heavy (non-hydrogen) atoms. The zero-order valence-corrected chi connectivity index (χ0v) is 13.2. The van der Waals surface area contributed by atoms with Crippen molar-refractivity contribution in [3.05, 3.63) is 45.4 Å².